The lowest BCUT2D eigenvalue weighted by Gasteiger charge is -2.20. The van der Waals surface area contributed by atoms with Crippen molar-refractivity contribution in [1.82, 2.24) is 5.32 Å². The predicted molar refractivity (Wildman–Crippen MR) is 129 cm³/mol. The van der Waals surface area contributed by atoms with Crippen LogP contribution in [0.5, 0.6) is 0 Å². The zero-order valence-corrected chi connectivity index (χ0v) is 19.6. The Balaban J connectivity index is 0.00000392. The number of nitrogens with two attached hydrogens (primary N) is 1. The molecule has 0 aliphatic carbocycles. The number of carbonyl (C=O) groups is 1. The van der Waals surface area contributed by atoms with Crippen molar-refractivity contribution < 1.29 is 4.79 Å². The van der Waals surface area contributed by atoms with Gasteiger partial charge in [-0.1, -0.05) is 38.1 Å². The van der Waals surface area contributed by atoms with Crippen LogP contribution >= 0.6 is 24.0 Å². The van der Waals surface area contributed by atoms with Crippen LogP contribution in [0.3, 0.4) is 0 Å². The second-order valence-electron chi connectivity index (χ2n) is 8.01. The summed E-state index contributed by atoms with van der Waals surface area (Å²) < 4.78 is 0. The standard InChI is InChI=1S/C22H30N4O.HI/c1-15(2)17-9-7-11-19(13-17)25-21(23)24-14-16-8-6-10-18(12-16)20(27)26-22(3,4)5;/h6-13,15H,14H2,1-5H3,(H,26,27)(H3,23,24,25);1H. The first kappa shape index (κ1) is 23.9. The molecule has 0 bridgehead atoms. The zero-order valence-electron chi connectivity index (χ0n) is 17.2. The van der Waals surface area contributed by atoms with Gasteiger partial charge >= 0.3 is 0 Å². The largest absolute Gasteiger partial charge is 0.370 e. The van der Waals surface area contributed by atoms with Gasteiger partial charge in [0, 0.05) is 16.8 Å². The summed E-state index contributed by atoms with van der Waals surface area (Å²) in [6.45, 7) is 10.6. The Morgan fingerprint density at radius 3 is 2.43 bits per heavy atom. The van der Waals surface area contributed by atoms with E-state index in [9.17, 15) is 4.79 Å². The third kappa shape index (κ3) is 7.88. The summed E-state index contributed by atoms with van der Waals surface area (Å²) >= 11 is 0. The van der Waals surface area contributed by atoms with Crippen LogP contribution in [0.25, 0.3) is 0 Å². The van der Waals surface area contributed by atoms with E-state index in [1.165, 1.54) is 5.56 Å². The Morgan fingerprint density at radius 1 is 1.11 bits per heavy atom. The Labute approximate surface area is 185 Å². The average molecular weight is 494 g/mol. The second kappa shape index (κ2) is 10.5. The molecule has 1 amide bonds. The topological polar surface area (TPSA) is 79.5 Å². The van der Waals surface area contributed by atoms with Gasteiger partial charge in [0.15, 0.2) is 5.96 Å². The van der Waals surface area contributed by atoms with E-state index >= 15 is 0 Å². The van der Waals surface area contributed by atoms with E-state index < -0.39 is 0 Å². The summed E-state index contributed by atoms with van der Waals surface area (Å²) in [4.78, 5) is 16.7. The molecule has 0 atom stereocenters. The summed E-state index contributed by atoms with van der Waals surface area (Å²) in [6.07, 6.45) is 0. The minimum Gasteiger partial charge on any atom is -0.370 e. The van der Waals surface area contributed by atoms with Gasteiger partial charge < -0.3 is 16.4 Å². The van der Waals surface area contributed by atoms with Crippen molar-refractivity contribution in [2.45, 2.75) is 52.6 Å². The van der Waals surface area contributed by atoms with Crippen molar-refractivity contribution in [1.29, 1.82) is 0 Å². The number of hydrogen-bond acceptors (Lipinski definition) is 2. The van der Waals surface area contributed by atoms with Gasteiger partial charge in [-0.3, -0.25) is 4.79 Å². The Kier molecular flexibility index (Phi) is 8.94. The van der Waals surface area contributed by atoms with Crippen LogP contribution in [-0.2, 0) is 6.54 Å². The molecule has 5 nitrogen and oxygen atoms in total. The van der Waals surface area contributed by atoms with Crippen LogP contribution < -0.4 is 16.4 Å². The highest BCUT2D eigenvalue weighted by molar-refractivity contribution is 14.0. The van der Waals surface area contributed by atoms with E-state index in [2.05, 4.69) is 41.6 Å². The lowest BCUT2D eigenvalue weighted by Crippen LogP contribution is -2.40. The van der Waals surface area contributed by atoms with Crippen LogP contribution in [0.15, 0.2) is 53.5 Å². The summed E-state index contributed by atoms with van der Waals surface area (Å²) in [6, 6.07) is 15.6. The second-order valence-corrected chi connectivity index (χ2v) is 8.01. The van der Waals surface area contributed by atoms with E-state index in [1.54, 1.807) is 6.07 Å². The van der Waals surface area contributed by atoms with Crippen molar-refractivity contribution in [3.8, 4) is 0 Å². The number of carbonyl (C=O) groups excluding carboxylic acids is 1. The molecule has 0 saturated heterocycles. The molecule has 2 aromatic carbocycles. The fraction of sp³-hybridized carbons (Fsp3) is 0.364. The number of halogens is 1. The van der Waals surface area contributed by atoms with Gasteiger partial charge in [-0.2, -0.15) is 0 Å². The fourth-order valence-corrected chi connectivity index (χ4v) is 2.56. The van der Waals surface area contributed by atoms with Gasteiger partial charge in [-0.15, -0.1) is 24.0 Å². The van der Waals surface area contributed by atoms with Gasteiger partial charge in [0.25, 0.3) is 5.91 Å². The highest BCUT2D eigenvalue weighted by atomic mass is 127. The molecule has 0 saturated carbocycles. The number of hydrogen-bond donors (Lipinski definition) is 3. The van der Waals surface area contributed by atoms with Crippen LogP contribution in [0, 0.1) is 0 Å². The normalized spacial score (nSPS) is 11.7. The van der Waals surface area contributed by atoms with E-state index in [1.807, 2.05) is 51.1 Å². The van der Waals surface area contributed by atoms with Crippen LogP contribution in [-0.4, -0.2) is 17.4 Å². The van der Waals surface area contributed by atoms with E-state index in [-0.39, 0.29) is 35.4 Å². The molecule has 6 heteroatoms. The lowest BCUT2D eigenvalue weighted by molar-refractivity contribution is 0.0919. The summed E-state index contributed by atoms with van der Waals surface area (Å²) in [5, 5.41) is 6.09. The summed E-state index contributed by atoms with van der Waals surface area (Å²) in [5.74, 6) is 0.706. The number of nitrogens with one attached hydrogen (secondary N) is 2. The smallest absolute Gasteiger partial charge is 0.251 e. The molecule has 4 N–H and O–H groups in total. The maximum Gasteiger partial charge on any atom is 0.251 e. The molecule has 28 heavy (non-hydrogen) atoms. The average Bonchev–Trinajstić information content (AvgIpc) is 2.59. The molecule has 2 aromatic rings. The first-order chi connectivity index (χ1) is 12.6. The minimum atomic E-state index is -0.274. The van der Waals surface area contributed by atoms with E-state index in [0.717, 1.165) is 11.3 Å². The van der Waals surface area contributed by atoms with Gasteiger partial charge in [-0.25, -0.2) is 4.99 Å². The molecule has 0 spiro atoms. The Bertz CT molecular complexity index is 825. The zero-order chi connectivity index (χ0) is 20.0. The molecule has 0 heterocycles. The number of benzene rings is 2. The number of nitrogens with zero attached hydrogens (tertiary/aromatic N) is 1. The van der Waals surface area contributed by atoms with E-state index in [0.29, 0.717) is 24.0 Å². The molecule has 0 aliphatic heterocycles. The Hall–Kier alpha value is -2.09. The number of amides is 1. The monoisotopic (exact) mass is 494 g/mol. The van der Waals surface area contributed by atoms with Gasteiger partial charge in [0.2, 0.25) is 0 Å². The first-order valence-electron chi connectivity index (χ1n) is 9.22. The highest BCUT2D eigenvalue weighted by Gasteiger charge is 2.15. The quantitative estimate of drug-likeness (QED) is 0.315. The molecule has 0 fully saturated rings. The van der Waals surface area contributed by atoms with Crippen molar-refractivity contribution in [2.24, 2.45) is 10.7 Å². The first-order valence-corrected chi connectivity index (χ1v) is 9.22. The van der Waals surface area contributed by atoms with Crippen LogP contribution in [0.2, 0.25) is 0 Å². The number of guanidine groups is 1. The number of rotatable bonds is 5. The molecular formula is C22H31IN4O. The van der Waals surface area contributed by atoms with Crippen molar-refractivity contribution >= 4 is 41.5 Å². The molecule has 0 unspecified atom stereocenters. The Morgan fingerprint density at radius 2 is 1.79 bits per heavy atom. The number of anilines is 1. The molecule has 0 aromatic heterocycles. The maximum atomic E-state index is 12.3. The van der Waals surface area contributed by atoms with Crippen molar-refractivity contribution in [3.05, 3.63) is 65.2 Å². The van der Waals surface area contributed by atoms with Crippen molar-refractivity contribution in [2.75, 3.05) is 5.32 Å². The predicted octanol–water partition coefficient (Wildman–Crippen LogP) is 4.88. The highest BCUT2D eigenvalue weighted by Crippen LogP contribution is 2.18. The minimum absolute atomic E-state index is 0. The lowest BCUT2D eigenvalue weighted by atomic mass is 10.0. The SMILES string of the molecule is CC(C)c1cccc(NC(N)=NCc2cccc(C(=O)NC(C)(C)C)c2)c1.I. The van der Waals surface area contributed by atoms with Crippen LogP contribution in [0.1, 0.15) is 62.0 Å². The van der Waals surface area contributed by atoms with Gasteiger partial charge in [-0.05, 0) is 62.1 Å². The van der Waals surface area contributed by atoms with Crippen LogP contribution in [0.4, 0.5) is 5.69 Å². The molecular weight excluding hydrogens is 463 g/mol. The fourth-order valence-electron chi connectivity index (χ4n) is 2.56. The maximum absolute atomic E-state index is 12.3. The molecule has 2 rings (SSSR count). The molecule has 152 valence electrons. The number of aliphatic imine (C=N–C) groups is 1. The molecule has 0 radical (unpaired) electrons. The summed E-state index contributed by atoms with van der Waals surface area (Å²) in [7, 11) is 0. The third-order valence-corrected chi connectivity index (χ3v) is 3.94. The van der Waals surface area contributed by atoms with Gasteiger partial charge in [0.1, 0.15) is 0 Å². The third-order valence-electron chi connectivity index (χ3n) is 3.94. The van der Waals surface area contributed by atoms with E-state index in [4.69, 9.17) is 5.73 Å². The molecule has 0 aliphatic rings. The summed E-state index contributed by atoms with van der Waals surface area (Å²) in [5.41, 5.74) is 9.45. The van der Waals surface area contributed by atoms with Crippen molar-refractivity contribution in [3.63, 3.8) is 0 Å². The van der Waals surface area contributed by atoms with Gasteiger partial charge in [0.05, 0.1) is 6.54 Å².